The number of ether oxygens (including phenoxy) is 4. The first-order valence-corrected chi connectivity index (χ1v) is 19.0. The van der Waals surface area contributed by atoms with Crippen molar-refractivity contribution in [3.63, 3.8) is 0 Å². The summed E-state index contributed by atoms with van der Waals surface area (Å²) in [6.07, 6.45) is 5.60. The van der Waals surface area contributed by atoms with Crippen LogP contribution in [-0.2, 0) is 33.7 Å². The molecule has 2 atom stereocenters. The molecule has 1 aliphatic carbocycles. The monoisotopic (exact) mass is 779 g/mol. The summed E-state index contributed by atoms with van der Waals surface area (Å²) in [6, 6.07) is 21.3. The molecule has 4 aromatic rings. The van der Waals surface area contributed by atoms with Crippen molar-refractivity contribution >= 4 is 41.0 Å². The number of hydrogen-bond acceptors (Lipinski definition) is 8. The molecule has 0 radical (unpaired) electrons. The molecule has 4 heterocycles. The van der Waals surface area contributed by atoms with Gasteiger partial charge in [-0.1, -0.05) is 71.7 Å². The minimum Gasteiger partial charge on any atom is -0.489 e. The van der Waals surface area contributed by atoms with Gasteiger partial charge in [0.1, 0.15) is 12.2 Å². The number of fused-ring (bicyclic) bond motifs is 3. The van der Waals surface area contributed by atoms with Crippen LogP contribution in [0.2, 0.25) is 10.0 Å². The summed E-state index contributed by atoms with van der Waals surface area (Å²) in [5, 5.41) is 0.582. The Hall–Kier alpha value is -4.45. The van der Waals surface area contributed by atoms with Crippen LogP contribution in [0.1, 0.15) is 54.0 Å². The number of pyridine rings is 1. The lowest BCUT2D eigenvalue weighted by Gasteiger charge is -2.44. The Kier molecular flexibility index (Phi) is 12.2. The molecule has 1 saturated carbocycles. The van der Waals surface area contributed by atoms with Crippen molar-refractivity contribution in [2.75, 3.05) is 31.1 Å². The van der Waals surface area contributed by atoms with Crippen LogP contribution < -0.4 is 14.4 Å². The number of alkyl halides is 2. The van der Waals surface area contributed by atoms with E-state index in [0.717, 1.165) is 56.6 Å². The fourth-order valence-corrected chi connectivity index (χ4v) is 7.51. The SMILES string of the molecule is O=C(Cc1ccc(CN(C(=O)O[C@H]2CN3CCC2CC3)c2ccccc2)cc1)O[C@@H](Cc1c(Cl)cncc1Cl)c1ccc(OC(F)F)c(OCC2CC2)c1. The van der Waals surface area contributed by atoms with Crippen LogP contribution in [0.5, 0.6) is 11.5 Å². The quantitative estimate of drug-likeness (QED) is 0.111. The Balaban J connectivity index is 1.05. The van der Waals surface area contributed by atoms with E-state index in [1.54, 1.807) is 17.0 Å². The molecule has 4 aliphatic rings. The number of amides is 1. The van der Waals surface area contributed by atoms with Crippen molar-refractivity contribution in [3.05, 3.63) is 117 Å². The van der Waals surface area contributed by atoms with Crippen LogP contribution in [0.4, 0.5) is 19.3 Å². The summed E-state index contributed by atoms with van der Waals surface area (Å²) in [5.41, 5.74) is 3.27. The van der Waals surface area contributed by atoms with Gasteiger partial charge >= 0.3 is 18.7 Å². The van der Waals surface area contributed by atoms with Gasteiger partial charge in [0.25, 0.3) is 0 Å². The van der Waals surface area contributed by atoms with Crippen molar-refractivity contribution in [3.8, 4) is 11.5 Å². The number of benzene rings is 3. The molecule has 8 rings (SSSR count). The Morgan fingerprint density at radius 2 is 1.59 bits per heavy atom. The molecule has 3 aromatic carbocycles. The van der Waals surface area contributed by atoms with Gasteiger partial charge < -0.3 is 18.9 Å². The lowest BCUT2D eigenvalue weighted by atomic mass is 9.86. The first-order chi connectivity index (χ1) is 26.2. The molecule has 3 aliphatic heterocycles. The molecule has 2 bridgehead atoms. The highest BCUT2D eigenvalue weighted by Gasteiger charge is 2.37. The summed E-state index contributed by atoms with van der Waals surface area (Å²) in [4.78, 5) is 35.1. The Labute approximate surface area is 323 Å². The van der Waals surface area contributed by atoms with E-state index in [9.17, 15) is 18.4 Å². The molecular weight excluding hydrogens is 739 g/mol. The zero-order valence-electron chi connectivity index (χ0n) is 29.6. The normalized spacial score (nSPS) is 19.6. The third-order valence-corrected chi connectivity index (χ3v) is 10.8. The molecule has 9 nitrogen and oxygen atoms in total. The zero-order valence-corrected chi connectivity index (χ0v) is 31.1. The number of carbonyl (C=O) groups excluding carboxylic acids is 2. The molecule has 284 valence electrons. The molecule has 0 unspecified atom stereocenters. The predicted octanol–water partition coefficient (Wildman–Crippen LogP) is 9.09. The number of esters is 1. The summed E-state index contributed by atoms with van der Waals surface area (Å²) >= 11 is 12.9. The largest absolute Gasteiger partial charge is 0.489 e. The van der Waals surface area contributed by atoms with E-state index in [-0.39, 0.29) is 43.1 Å². The average molecular weight is 781 g/mol. The molecule has 13 heteroatoms. The van der Waals surface area contributed by atoms with Crippen LogP contribution in [0.15, 0.2) is 85.2 Å². The smallest absolute Gasteiger partial charge is 0.414 e. The van der Waals surface area contributed by atoms with Crippen LogP contribution >= 0.6 is 23.2 Å². The molecule has 3 saturated heterocycles. The first kappa shape index (κ1) is 37.8. The van der Waals surface area contributed by atoms with E-state index in [4.69, 9.17) is 42.1 Å². The summed E-state index contributed by atoms with van der Waals surface area (Å²) in [7, 11) is 0. The van der Waals surface area contributed by atoms with Gasteiger partial charge in [0, 0.05) is 31.0 Å². The number of para-hydroxylation sites is 1. The molecule has 1 amide bonds. The van der Waals surface area contributed by atoms with Gasteiger partial charge in [-0.2, -0.15) is 8.78 Å². The molecule has 1 aromatic heterocycles. The van der Waals surface area contributed by atoms with E-state index in [1.807, 2.05) is 54.6 Å². The number of piperidine rings is 3. The van der Waals surface area contributed by atoms with Gasteiger partial charge in [-0.25, -0.2) is 4.79 Å². The standard InChI is InChI=1S/C41H41Cl2F2N3O6/c42-33-21-46-22-34(43)32(33)20-36(30-12-13-35(53-40(44)45)37(19-30)51-25-28-10-11-28)52-39(49)18-26-6-8-27(9-7-26)23-48(31-4-2-1-3-5-31)41(50)54-38-24-47-16-14-29(38)15-17-47/h1-9,12-13,19,21-22,28-29,36,38,40H,10-11,14-18,20,23-25H2/t36-,38-/m0/s1. The van der Waals surface area contributed by atoms with Gasteiger partial charge in [0.2, 0.25) is 0 Å². The molecule has 4 fully saturated rings. The van der Waals surface area contributed by atoms with E-state index in [0.29, 0.717) is 45.2 Å². The number of aromatic nitrogens is 1. The third-order valence-electron chi connectivity index (χ3n) is 10.2. The van der Waals surface area contributed by atoms with Gasteiger partial charge in [0.15, 0.2) is 11.5 Å². The van der Waals surface area contributed by atoms with Crippen molar-refractivity contribution in [1.82, 2.24) is 9.88 Å². The number of halogens is 4. The Morgan fingerprint density at radius 3 is 2.24 bits per heavy atom. The van der Waals surface area contributed by atoms with Gasteiger partial charge in [0.05, 0.1) is 29.6 Å². The number of nitrogens with zero attached hydrogens (tertiary/aromatic N) is 3. The maximum atomic E-state index is 13.6. The molecule has 0 N–H and O–H groups in total. The van der Waals surface area contributed by atoms with Crippen LogP contribution in [-0.4, -0.2) is 60.9 Å². The number of hydrogen-bond donors (Lipinski definition) is 0. The molecule has 0 spiro atoms. The summed E-state index contributed by atoms with van der Waals surface area (Å²) in [5.74, 6) is 0.218. The maximum Gasteiger partial charge on any atom is 0.414 e. The van der Waals surface area contributed by atoms with Crippen molar-refractivity contribution in [2.24, 2.45) is 11.8 Å². The van der Waals surface area contributed by atoms with E-state index in [2.05, 4.69) is 9.88 Å². The average Bonchev–Trinajstić information content (AvgIpc) is 4.00. The number of rotatable bonds is 15. The molecular formula is C41H41Cl2F2N3O6. The first-order valence-electron chi connectivity index (χ1n) is 18.2. The maximum absolute atomic E-state index is 13.6. The third kappa shape index (κ3) is 9.80. The summed E-state index contributed by atoms with van der Waals surface area (Å²) in [6.45, 7) is 0.463. The zero-order chi connectivity index (χ0) is 37.6. The van der Waals surface area contributed by atoms with Gasteiger partial charge in [-0.15, -0.1) is 0 Å². The predicted molar refractivity (Wildman–Crippen MR) is 200 cm³/mol. The van der Waals surface area contributed by atoms with Crippen LogP contribution in [0.3, 0.4) is 0 Å². The van der Waals surface area contributed by atoms with E-state index < -0.39 is 18.7 Å². The van der Waals surface area contributed by atoms with Crippen LogP contribution in [0, 0.1) is 11.8 Å². The Bertz CT molecular complexity index is 1890. The van der Waals surface area contributed by atoms with Crippen molar-refractivity contribution in [2.45, 2.75) is 63.9 Å². The van der Waals surface area contributed by atoms with Gasteiger partial charge in [-0.05, 0) is 97.1 Å². The minimum absolute atomic E-state index is 0.0593. The second-order valence-electron chi connectivity index (χ2n) is 14.1. The second kappa shape index (κ2) is 17.3. The van der Waals surface area contributed by atoms with Gasteiger partial charge in [-0.3, -0.25) is 19.6 Å². The number of carbonyl (C=O) groups is 2. The second-order valence-corrected chi connectivity index (χ2v) is 14.9. The minimum atomic E-state index is -3.04. The van der Waals surface area contributed by atoms with E-state index in [1.165, 1.54) is 18.5 Å². The highest BCUT2D eigenvalue weighted by molar-refractivity contribution is 6.35. The Morgan fingerprint density at radius 1 is 0.889 bits per heavy atom. The fourth-order valence-electron chi connectivity index (χ4n) is 6.99. The summed E-state index contributed by atoms with van der Waals surface area (Å²) < 4.78 is 49.2. The molecule has 54 heavy (non-hydrogen) atoms. The number of anilines is 1. The van der Waals surface area contributed by atoms with Crippen molar-refractivity contribution in [1.29, 1.82) is 0 Å². The van der Waals surface area contributed by atoms with Crippen LogP contribution in [0.25, 0.3) is 0 Å². The highest BCUT2D eigenvalue weighted by atomic mass is 35.5. The lowest BCUT2D eigenvalue weighted by molar-refractivity contribution is -0.148. The topological polar surface area (TPSA) is 90.4 Å². The van der Waals surface area contributed by atoms with E-state index >= 15 is 0 Å². The van der Waals surface area contributed by atoms with Crippen molar-refractivity contribution < 1.29 is 37.3 Å². The lowest BCUT2D eigenvalue weighted by Crippen LogP contribution is -2.53. The highest BCUT2D eigenvalue weighted by Crippen LogP contribution is 2.38. The fraction of sp³-hybridized carbons (Fsp3) is 0.390.